The zero-order chi connectivity index (χ0) is 11.5. The summed E-state index contributed by atoms with van der Waals surface area (Å²) in [6.45, 7) is 2.43. The predicted molar refractivity (Wildman–Crippen MR) is 63.9 cm³/mol. The third kappa shape index (κ3) is 3.39. The molecule has 0 spiro atoms. The van der Waals surface area contributed by atoms with E-state index in [4.69, 9.17) is 11.6 Å². The number of hydrogen-bond acceptors (Lipinski definition) is 2. The fraction of sp³-hybridized carbons (Fsp3) is 0.400. The van der Waals surface area contributed by atoms with Gasteiger partial charge in [-0.2, -0.15) is 0 Å². The summed E-state index contributed by atoms with van der Waals surface area (Å²) in [5.41, 5.74) is 0.656. The van der Waals surface area contributed by atoms with Crippen LogP contribution in [0.2, 0.25) is 5.02 Å². The highest BCUT2D eigenvalue weighted by atomic mass is 35.5. The van der Waals surface area contributed by atoms with Gasteiger partial charge in [-0.3, -0.25) is 4.31 Å². The van der Waals surface area contributed by atoms with Gasteiger partial charge in [0.05, 0.1) is 11.9 Å². The molecule has 0 bridgehead atoms. The van der Waals surface area contributed by atoms with Crippen LogP contribution in [0.3, 0.4) is 0 Å². The Morgan fingerprint density at radius 2 is 1.80 bits per heavy atom. The number of rotatable bonds is 4. The van der Waals surface area contributed by atoms with Crippen LogP contribution < -0.4 is 4.31 Å². The van der Waals surface area contributed by atoms with Crippen LogP contribution >= 0.6 is 11.6 Å². The summed E-state index contributed by atoms with van der Waals surface area (Å²) in [6, 6.07) is 6.79. The lowest BCUT2D eigenvalue weighted by molar-refractivity contribution is 0.596. The zero-order valence-corrected chi connectivity index (χ0v) is 10.3. The Bertz CT molecular complexity index is 414. The molecule has 0 atom stereocenters. The first-order valence-corrected chi connectivity index (χ1v) is 6.91. The number of benzene rings is 1. The van der Waals surface area contributed by atoms with Crippen LogP contribution in [0.1, 0.15) is 13.3 Å². The summed E-state index contributed by atoms with van der Waals surface area (Å²) in [5.74, 6) is 0. The van der Waals surface area contributed by atoms with Gasteiger partial charge >= 0.3 is 0 Å². The van der Waals surface area contributed by atoms with Gasteiger partial charge in [-0.25, -0.2) is 8.42 Å². The van der Waals surface area contributed by atoms with E-state index in [1.165, 1.54) is 10.6 Å². The van der Waals surface area contributed by atoms with Crippen LogP contribution in [0.25, 0.3) is 0 Å². The van der Waals surface area contributed by atoms with Crippen molar-refractivity contribution in [2.75, 3.05) is 17.1 Å². The second-order valence-electron chi connectivity index (χ2n) is 3.31. The molecule has 0 aliphatic carbocycles. The molecule has 0 heterocycles. The minimum atomic E-state index is -3.20. The highest BCUT2D eigenvalue weighted by Gasteiger charge is 2.15. The first-order valence-electron chi connectivity index (χ1n) is 4.68. The highest BCUT2D eigenvalue weighted by Crippen LogP contribution is 2.20. The van der Waals surface area contributed by atoms with Crippen molar-refractivity contribution < 1.29 is 8.42 Å². The molecule has 0 aliphatic heterocycles. The number of sulfonamides is 1. The molecule has 15 heavy (non-hydrogen) atoms. The van der Waals surface area contributed by atoms with Crippen LogP contribution in [0.4, 0.5) is 5.69 Å². The fourth-order valence-electron chi connectivity index (χ4n) is 1.30. The molecule has 0 aromatic heterocycles. The molecule has 0 N–H and O–H groups in total. The molecule has 5 heteroatoms. The van der Waals surface area contributed by atoms with Gasteiger partial charge in [0.1, 0.15) is 0 Å². The van der Waals surface area contributed by atoms with E-state index in [2.05, 4.69) is 0 Å². The summed E-state index contributed by atoms with van der Waals surface area (Å²) >= 11 is 5.74. The monoisotopic (exact) mass is 247 g/mol. The molecule has 0 fully saturated rings. The van der Waals surface area contributed by atoms with Gasteiger partial charge in [0.25, 0.3) is 0 Å². The minimum Gasteiger partial charge on any atom is -0.270 e. The van der Waals surface area contributed by atoms with Gasteiger partial charge in [0.2, 0.25) is 10.0 Å². The van der Waals surface area contributed by atoms with Crippen LogP contribution in [0.15, 0.2) is 24.3 Å². The summed E-state index contributed by atoms with van der Waals surface area (Å²) in [5, 5.41) is 0.601. The lowest BCUT2D eigenvalue weighted by Crippen LogP contribution is -2.30. The Labute approximate surface area is 95.7 Å². The Kier molecular flexibility index (Phi) is 3.99. The van der Waals surface area contributed by atoms with E-state index in [1.807, 2.05) is 6.92 Å². The Hall–Kier alpha value is -0.740. The van der Waals surface area contributed by atoms with Crippen molar-refractivity contribution in [1.29, 1.82) is 0 Å². The Morgan fingerprint density at radius 3 is 2.20 bits per heavy atom. The topological polar surface area (TPSA) is 37.4 Å². The molecule has 1 rings (SSSR count). The first kappa shape index (κ1) is 12.3. The highest BCUT2D eigenvalue weighted by molar-refractivity contribution is 7.92. The predicted octanol–water partition coefficient (Wildman–Crippen LogP) is 2.52. The van der Waals surface area contributed by atoms with Crippen molar-refractivity contribution >= 4 is 27.3 Å². The van der Waals surface area contributed by atoms with Gasteiger partial charge in [0.15, 0.2) is 0 Å². The molecule has 3 nitrogen and oxygen atoms in total. The second-order valence-corrected chi connectivity index (χ2v) is 5.65. The minimum absolute atomic E-state index is 0.487. The summed E-state index contributed by atoms with van der Waals surface area (Å²) in [4.78, 5) is 0. The molecule has 0 saturated heterocycles. The van der Waals surface area contributed by atoms with Crippen LogP contribution in [0.5, 0.6) is 0 Å². The Balaban J connectivity index is 3.05. The lowest BCUT2D eigenvalue weighted by Gasteiger charge is -2.21. The standard InChI is InChI=1S/C10H14ClNO2S/c1-3-8-12(15(2,13)14)10-6-4-9(11)5-7-10/h4-7H,3,8H2,1-2H3. The van der Waals surface area contributed by atoms with E-state index < -0.39 is 10.0 Å². The maximum Gasteiger partial charge on any atom is 0.232 e. The molecular formula is C10H14ClNO2S. The third-order valence-electron chi connectivity index (χ3n) is 1.94. The zero-order valence-electron chi connectivity index (χ0n) is 8.77. The summed E-state index contributed by atoms with van der Waals surface area (Å²) in [6.07, 6.45) is 1.98. The molecule has 0 radical (unpaired) electrons. The first-order chi connectivity index (χ1) is 6.95. The number of nitrogens with zero attached hydrogens (tertiary/aromatic N) is 1. The molecule has 0 saturated carbocycles. The van der Waals surface area contributed by atoms with Gasteiger partial charge in [0, 0.05) is 11.6 Å². The van der Waals surface area contributed by atoms with Crippen molar-refractivity contribution in [1.82, 2.24) is 0 Å². The SMILES string of the molecule is CCCN(c1ccc(Cl)cc1)S(C)(=O)=O. The Morgan fingerprint density at radius 1 is 1.27 bits per heavy atom. The molecule has 0 aliphatic rings. The van der Waals surface area contributed by atoms with Crippen LogP contribution in [-0.4, -0.2) is 21.2 Å². The lowest BCUT2D eigenvalue weighted by atomic mass is 10.3. The van der Waals surface area contributed by atoms with E-state index >= 15 is 0 Å². The third-order valence-corrected chi connectivity index (χ3v) is 3.39. The van der Waals surface area contributed by atoms with Gasteiger partial charge in [-0.1, -0.05) is 18.5 Å². The van der Waals surface area contributed by atoms with E-state index in [0.29, 0.717) is 17.3 Å². The molecular weight excluding hydrogens is 234 g/mol. The normalized spacial score (nSPS) is 11.4. The van der Waals surface area contributed by atoms with Crippen molar-refractivity contribution in [2.45, 2.75) is 13.3 Å². The van der Waals surface area contributed by atoms with E-state index in [9.17, 15) is 8.42 Å². The molecule has 1 aromatic carbocycles. The van der Waals surface area contributed by atoms with Gasteiger partial charge in [-0.15, -0.1) is 0 Å². The summed E-state index contributed by atoms with van der Waals surface area (Å²) in [7, 11) is -3.20. The van der Waals surface area contributed by atoms with E-state index in [1.54, 1.807) is 24.3 Å². The maximum atomic E-state index is 11.5. The maximum absolute atomic E-state index is 11.5. The van der Waals surface area contributed by atoms with Crippen molar-refractivity contribution in [3.05, 3.63) is 29.3 Å². The average Bonchev–Trinajstić information content (AvgIpc) is 2.14. The van der Waals surface area contributed by atoms with Crippen LogP contribution in [-0.2, 0) is 10.0 Å². The average molecular weight is 248 g/mol. The smallest absolute Gasteiger partial charge is 0.232 e. The van der Waals surface area contributed by atoms with Crippen molar-refractivity contribution in [3.8, 4) is 0 Å². The van der Waals surface area contributed by atoms with Gasteiger partial charge < -0.3 is 0 Å². The quantitative estimate of drug-likeness (QED) is 0.820. The van der Waals surface area contributed by atoms with Crippen LogP contribution in [0, 0.1) is 0 Å². The van der Waals surface area contributed by atoms with Crippen molar-refractivity contribution in [3.63, 3.8) is 0 Å². The molecule has 84 valence electrons. The number of halogens is 1. The number of hydrogen-bond donors (Lipinski definition) is 0. The van der Waals surface area contributed by atoms with Crippen molar-refractivity contribution in [2.24, 2.45) is 0 Å². The second kappa shape index (κ2) is 4.86. The fourth-order valence-corrected chi connectivity index (χ4v) is 2.44. The molecule has 0 amide bonds. The summed E-state index contributed by atoms with van der Waals surface area (Å²) < 4.78 is 24.4. The van der Waals surface area contributed by atoms with Gasteiger partial charge in [-0.05, 0) is 30.7 Å². The van der Waals surface area contributed by atoms with E-state index in [0.717, 1.165) is 6.42 Å². The molecule has 1 aromatic rings. The number of anilines is 1. The van der Waals surface area contributed by atoms with E-state index in [-0.39, 0.29) is 0 Å². The largest absolute Gasteiger partial charge is 0.270 e. The molecule has 0 unspecified atom stereocenters.